The van der Waals surface area contributed by atoms with Crippen LogP contribution >= 0.6 is 23.1 Å². The Morgan fingerprint density at radius 3 is 2.56 bits per heavy atom. The van der Waals surface area contributed by atoms with Crippen molar-refractivity contribution in [1.29, 1.82) is 0 Å². The van der Waals surface area contributed by atoms with Gasteiger partial charge in [0.1, 0.15) is 5.25 Å². The number of thioether (sulfide) groups is 1. The maximum Gasteiger partial charge on any atom is 0.305 e. The number of hydrogen-bond acceptors (Lipinski definition) is 7. The average molecular weight is 469 g/mol. The third-order valence-corrected chi connectivity index (χ3v) is 8.16. The van der Waals surface area contributed by atoms with Crippen LogP contribution in [0.5, 0.6) is 11.5 Å². The zero-order chi connectivity index (χ0) is 22.6. The summed E-state index contributed by atoms with van der Waals surface area (Å²) in [6.45, 7) is 4.12. The second-order valence-corrected chi connectivity index (χ2v) is 9.92. The molecule has 3 aromatic rings. The fourth-order valence-electron chi connectivity index (χ4n) is 4.32. The topological polar surface area (TPSA) is 99.7 Å². The van der Waals surface area contributed by atoms with Gasteiger partial charge in [0.15, 0.2) is 11.5 Å². The van der Waals surface area contributed by atoms with E-state index in [9.17, 15) is 19.5 Å². The van der Waals surface area contributed by atoms with Gasteiger partial charge in [-0.05, 0) is 43.7 Å². The Morgan fingerprint density at radius 1 is 1.09 bits per heavy atom. The van der Waals surface area contributed by atoms with Gasteiger partial charge in [-0.2, -0.15) is 0 Å². The number of ether oxygens (including phenoxy) is 1. The molecule has 1 fully saturated rings. The number of phenolic OH excluding ortho intramolecular Hbond substituents is 1. The predicted molar refractivity (Wildman–Crippen MR) is 123 cm³/mol. The Morgan fingerprint density at radius 2 is 1.84 bits per heavy atom. The van der Waals surface area contributed by atoms with Gasteiger partial charge in [0, 0.05) is 10.8 Å². The highest BCUT2D eigenvalue weighted by molar-refractivity contribution is 8.00. The molecule has 0 spiro atoms. The first kappa shape index (κ1) is 20.8. The SMILES string of the molecule is CCOc1cc([C@@H]2c3sc(=O)[nH]c3S[C@H]3C(=O)N(c4ccc(C)cc4)C(=O)[C@@H]23)ccc1O. The van der Waals surface area contributed by atoms with E-state index in [1.54, 1.807) is 24.3 Å². The van der Waals surface area contributed by atoms with Crippen molar-refractivity contribution in [3.63, 3.8) is 0 Å². The molecule has 0 bridgehead atoms. The molecule has 7 nitrogen and oxygen atoms in total. The van der Waals surface area contributed by atoms with Crippen molar-refractivity contribution >= 4 is 40.6 Å². The third kappa shape index (κ3) is 3.23. The van der Waals surface area contributed by atoms with Crippen molar-refractivity contribution in [3.8, 4) is 11.5 Å². The molecule has 2 aliphatic rings. The zero-order valence-electron chi connectivity index (χ0n) is 17.3. The van der Waals surface area contributed by atoms with Crippen LogP contribution in [0.3, 0.4) is 0 Å². The Bertz CT molecular complexity index is 1280. The second kappa shape index (κ2) is 7.83. The zero-order valence-corrected chi connectivity index (χ0v) is 19.0. The summed E-state index contributed by atoms with van der Waals surface area (Å²) in [6, 6.07) is 12.2. The van der Waals surface area contributed by atoms with Gasteiger partial charge in [0.2, 0.25) is 11.8 Å². The minimum Gasteiger partial charge on any atom is -0.504 e. The molecule has 3 atom stereocenters. The monoisotopic (exact) mass is 468 g/mol. The van der Waals surface area contributed by atoms with Crippen molar-refractivity contribution < 1.29 is 19.4 Å². The highest BCUT2D eigenvalue weighted by Gasteiger charge is 2.56. The third-order valence-electron chi connectivity index (χ3n) is 5.76. The number of H-pyrrole nitrogens is 1. The smallest absolute Gasteiger partial charge is 0.305 e. The largest absolute Gasteiger partial charge is 0.504 e. The molecule has 2 aliphatic heterocycles. The fourth-order valence-corrected chi connectivity index (χ4v) is 6.83. The van der Waals surface area contributed by atoms with Crippen LogP contribution in [0, 0.1) is 12.8 Å². The quantitative estimate of drug-likeness (QED) is 0.567. The predicted octanol–water partition coefficient (Wildman–Crippen LogP) is 3.64. The van der Waals surface area contributed by atoms with Gasteiger partial charge in [-0.25, -0.2) is 4.90 Å². The van der Waals surface area contributed by atoms with E-state index < -0.39 is 17.1 Å². The number of phenols is 1. The first-order chi connectivity index (χ1) is 15.4. The van der Waals surface area contributed by atoms with Gasteiger partial charge in [-0.1, -0.05) is 46.9 Å². The van der Waals surface area contributed by atoms with E-state index in [1.165, 1.54) is 22.7 Å². The van der Waals surface area contributed by atoms with Gasteiger partial charge in [-0.15, -0.1) is 0 Å². The second-order valence-electron chi connectivity index (χ2n) is 7.76. The van der Waals surface area contributed by atoms with Crippen LogP contribution in [0.25, 0.3) is 0 Å². The Kier molecular flexibility index (Phi) is 5.10. The lowest BCUT2D eigenvalue weighted by atomic mass is 9.83. The number of rotatable bonds is 4. The number of nitrogens with zero attached hydrogens (tertiary/aromatic N) is 1. The molecule has 0 saturated carbocycles. The molecule has 3 heterocycles. The number of benzene rings is 2. The maximum absolute atomic E-state index is 13.6. The molecular formula is C23H20N2O5S2. The van der Waals surface area contributed by atoms with Crippen molar-refractivity contribution in [2.24, 2.45) is 5.92 Å². The summed E-state index contributed by atoms with van der Waals surface area (Å²) in [6.07, 6.45) is 0. The molecule has 2 N–H and O–H groups in total. The number of nitrogens with one attached hydrogen (secondary N) is 1. The number of amides is 2. The highest BCUT2D eigenvalue weighted by Crippen LogP contribution is 2.53. The highest BCUT2D eigenvalue weighted by atomic mass is 32.2. The van der Waals surface area contributed by atoms with Crippen LogP contribution < -0.4 is 14.5 Å². The van der Waals surface area contributed by atoms with Gasteiger partial charge in [0.25, 0.3) is 0 Å². The van der Waals surface area contributed by atoms with Crippen molar-refractivity contribution in [1.82, 2.24) is 4.98 Å². The van der Waals surface area contributed by atoms with E-state index in [2.05, 4.69) is 4.98 Å². The van der Waals surface area contributed by atoms with E-state index in [0.29, 0.717) is 28.6 Å². The fraction of sp³-hybridized carbons (Fsp3) is 0.261. The molecular weight excluding hydrogens is 448 g/mol. The Balaban J connectivity index is 1.64. The number of aryl methyl sites for hydroxylation is 1. The lowest BCUT2D eigenvalue weighted by molar-refractivity contribution is -0.122. The number of carbonyl (C=O) groups is 2. The number of aromatic hydroxyl groups is 1. The molecule has 0 unspecified atom stereocenters. The van der Waals surface area contributed by atoms with Gasteiger partial charge >= 0.3 is 4.87 Å². The number of fused-ring (bicyclic) bond motifs is 2. The molecule has 0 radical (unpaired) electrons. The number of aromatic nitrogens is 1. The average Bonchev–Trinajstić information content (AvgIpc) is 3.25. The molecule has 1 saturated heterocycles. The first-order valence-corrected chi connectivity index (χ1v) is 11.9. The normalized spacial score (nSPS) is 22.1. The maximum atomic E-state index is 13.6. The van der Waals surface area contributed by atoms with E-state index in [4.69, 9.17) is 4.74 Å². The van der Waals surface area contributed by atoms with Crippen molar-refractivity contribution in [3.05, 3.63) is 68.1 Å². The molecule has 2 aromatic carbocycles. The van der Waals surface area contributed by atoms with Gasteiger partial charge in [-0.3, -0.25) is 14.4 Å². The van der Waals surface area contributed by atoms with Crippen LogP contribution in [-0.4, -0.2) is 33.8 Å². The Labute approximate surface area is 192 Å². The van der Waals surface area contributed by atoms with E-state index in [-0.39, 0.29) is 22.4 Å². The van der Waals surface area contributed by atoms with Gasteiger partial charge in [0.05, 0.1) is 23.2 Å². The molecule has 9 heteroatoms. The van der Waals surface area contributed by atoms with Crippen LogP contribution in [-0.2, 0) is 9.59 Å². The number of anilines is 1. The number of thiazole rings is 1. The summed E-state index contributed by atoms with van der Waals surface area (Å²) in [7, 11) is 0. The molecule has 2 amide bonds. The lowest BCUT2D eigenvalue weighted by Crippen LogP contribution is -2.32. The summed E-state index contributed by atoms with van der Waals surface area (Å²) < 4.78 is 5.54. The number of imide groups is 1. The number of aromatic amines is 1. The number of carbonyl (C=O) groups excluding carboxylic acids is 2. The molecule has 5 rings (SSSR count). The van der Waals surface area contributed by atoms with Gasteiger partial charge < -0.3 is 14.8 Å². The summed E-state index contributed by atoms with van der Waals surface area (Å²) in [5, 5.41) is 10.1. The van der Waals surface area contributed by atoms with Crippen LogP contribution in [0.15, 0.2) is 52.3 Å². The number of hydrogen-bond donors (Lipinski definition) is 2. The van der Waals surface area contributed by atoms with E-state index in [1.807, 2.05) is 26.0 Å². The first-order valence-electron chi connectivity index (χ1n) is 10.2. The van der Waals surface area contributed by atoms with Crippen LogP contribution in [0.4, 0.5) is 5.69 Å². The van der Waals surface area contributed by atoms with Crippen molar-refractivity contribution in [2.75, 3.05) is 11.5 Å². The molecule has 164 valence electrons. The van der Waals surface area contributed by atoms with E-state index in [0.717, 1.165) is 21.8 Å². The molecule has 1 aromatic heterocycles. The molecule has 32 heavy (non-hydrogen) atoms. The summed E-state index contributed by atoms with van der Waals surface area (Å²) in [5.74, 6) is -1.47. The minimum atomic E-state index is -0.674. The Hall–Kier alpha value is -3.04. The lowest BCUT2D eigenvalue weighted by Gasteiger charge is -2.30. The summed E-state index contributed by atoms with van der Waals surface area (Å²) in [5.41, 5.74) is 2.28. The van der Waals surface area contributed by atoms with E-state index >= 15 is 0 Å². The molecule has 0 aliphatic carbocycles. The summed E-state index contributed by atoms with van der Waals surface area (Å²) >= 11 is 2.29. The van der Waals surface area contributed by atoms with Crippen LogP contribution in [0.1, 0.15) is 28.8 Å². The standard InChI is InChI=1S/C23H20N2O5S2/c1-3-30-15-10-12(6-9-14(15)26)16-17-19(31-20-18(16)32-23(29)24-20)22(28)25(21(17)27)13-7-4-11(2)5-8-13/h4-10,16-17,19,26H,3H2,1-2H3,(H,24,29)/t16-,17-,19+/m0/s1. The van der Waals surface area contributed by atoms with Crippen LogP contribution in [0.2, 0.25) is 0 Å². The summed E-state index contributed by atoms with van der Waals surface area (Å²) in [4.78, 5) is 43.8. The minimum absolute atomic E-state index is 0.00470. The van der Waals surface area contributed by atoms with Crippen molar-refractivity contribution in [2.45, 2.75) is 30.0 Å².